The molecule has 3 atom stereocenters. The van der Waals surface area contributed by atoms with Crippen molar-refractivity contribution in [3.63, 3.8) is 0 Å². The van der Waals surface area contributed by atoms with Crippen LogP contribution in [0.1, 0.15) is 86.6 Å². The lowest BCUT2D eigenvalue weighted by Gasteiger charge is -2.33. The van der Waals surface area contributed by atoms with Gasteiger partial charge in [0, 0.05) is 18.0 Å². The van der Waals surface area contributed by atoms with Gasteiger partial charge in [-0.05, 0) is 100 Å². The SMILES string of the molecule is C[C@@]1(C(=O)O)CCCN1C(=O)c1cc(C2CC2)c(OCC23CC4CC(CC2C4)C3)cc1F. The molecule has 1 amide bonds. The number of likely N-dealkylation sites (tertiary alicyclic amines) is 1. The molecule has 5 nitrogen and oxygen atoms in total. The summed E-state index contributed by atoms with van der Waals surface area (Å²) in [4.78, 5) is 26.4. The quantitative estimate of drug-likeness (QED) is 0.676. The summed E-state index contributed by atoms with van der Waals surface area (Å²) in [6, 6.07) is 3.05. The van der Waals surface area contributed by atoms with Gasteiger partial charge in [-0.25, -0.2) is 9.18 Å². The molecule has 172 valence electrons. The van der Waals surface area contributed by atoms with E-state index in [0.717, 1.165) is 36.2 Å². The van der Waals surface area contributed by atoms with Crippen LogP contribution in [0.3, 0.4) is 0 Å². The van der Waals surface area contributed by atoms with E-state index in [1.165, 1.54) is 43.1 Å². The monoisotopic (exact) mass is 441 g/mol. The van der Waals surface area contributed by atoms with Crippen molar-refractivity contribution < 1.29 is 23.8 Å². The number of benzene rings is 1. The Morgan fingerprint density at radius 1 is 1.19 bits per heavy atom. The minimum Gasteiger partial charge on any atom is -0.493 e. The van der Waals surface area contributed by atoms with Crippen LogP contribution in [0.5, 0.6) is 5.75 Å². The molecular weight excluding hydrogens is 409 g/mol. The van der Waals surface area contributed by atoms with E-state index < -0.39 is 23.2 Å². The van der Waals surface area contributed by atoms with E-state index in [-0.39, 0.29) is 11.0 Å². The zero-order valence-corrected chi connectivity index (χ0v) is 18.7. The Morgan fingerprint density at radius 2 is 1.91 bits per heavy atom. The minimum atomic E-state index is -1.28. The van der Waals surface area contributed by atoms with Gasteiger partial charge in [-0.2, -0.15) is 0 Å². The lowest BCUT2D eigenvalue weighted by molar-refractivity contribution is -0.147. The molecule has 5 saturated carbocycles. The average molecular weight is 442 g/mol. The van der Waals surface area contributed by atoms with E-state index in [1.807, 2.05) is 0 Å². The Kier molecular flexibility index (Phi) is 4.45. The van der Waals surface area contributed by atoms with Crippen LogP contribution in [-0.2, 0) is 4.79 Å². The van der Waals surface area contributed by atoms with Crippen LogP contribution in [-0.4, -0.2) is 40.6 Å². The highest BCUT2D eigenvalue weighted by Gasteiger charge is 2.58. The summed E-state index contributed by atoms with van der Waals surface area (Å²) in [6.07, 6.45) is 9.56. The number of halogens is 1. The third-order valence-corrected chi connectivity index (χ3v) is 9.37. The van der Waals surface area contributed by atoms with Crippen molar-refractivity contribution in [2.45, 2.75) is 76.2 Å². The van der Waals surface area contributed by atoms with Gasteiger partial charge in [-0.1, -0.05) is 0 Å². The summed E-state index contributed by atoms with van der Waals surface area (Å²) in [5.41, 5.74) is -0.121. The predicted octanol–water partition coefficient (Wildman–Crippen LogP) is 4.99. The first-order valence-corrected chi connectivity index (χ1v) is 12.3. The first kappa shape index (κ1) is 20.5. The molecule has 0 radical (unpaired) electrons. The van der Waals surface area contributed by atoms with Crippen molar-refractivity contribution in [3.05, 3.63) is 29.1 Å². The second-order valence-electron chi connectivity index (χ2n) is 11.5. The molecule has 4 bridgehead atoms. The van der Waals surface area contributed by atoms with Crippen LogP contribution in [0, 0.1) is 29.0 Å². The standard InChI is InChI=1S/C26H32FNO4/c1-25(24(30)31)5-2-6-28(25)23(29)20-10-19(17-3-4-17)22(11-21(20)27)32-14-26-12-15-7-16(13-26)9-18(26)8-15/h10-11,15-18H,2-9,12-14H2,1H3,(H,30,31)/t15?,16?,18?,25-,26?/m0/s1. The number of hydrogen-bond acceptors (Lipinski definition) is 3. The van der Waals surface area contributed by atoms with E-state index in [2.05, 4.69) is 0 Å². The largest absolute Gasteiger partial charge is 0.493 e. The molecule has 6 heteroatoms. The van der Waals surface area contributed by atoms with Gasteiger partial charge in [0.25, 0.3) is 5.91 Å². The molecule has 1 heterocycles. The number of carbonyl (C=O) groups is 2. The topological polar surface area (TPSA) is 66.8 Å². The molecule has 6 aliphatic rings. The van der Waals surface area contributed by atoms with E-state index in [4.69, 9.17) is 4.74 Å². The van der Waals surface area contributed by atoms with Crippen LogP contribution in [0.4, 0.5) is 4.39 Å². The zero-order chi connectivity index (χ0) is 22.3. The maximum absolute atomic E-state index is 15.2. The number of hydrogen-bond donors (Lipinski definition) is 1. The van der Waals surface area contributed by atoms with Crippen LogP contribution in [0.2, 0.25) is 0 Å². The molecule has 0 aromatic heterocycles. The van der Waals surface area contributed by atoms with Crippen LogP contribution >= 0.6 is 0 Å². The van der Waals surface area contributed by atoms with Gasteiger partial charge >= 0.3 is 5.97 Å². The van der Waals surface area contributed by atoms with Gasteiger partial charge < -0.3 is 14.7 Å². The molecule has 7 rings (SSSR count). The first-order chi connectivity index (χ1) is 15.3. The Labute approximate surface area is 188 Å². The summed E-state index contributed by atoms with van der Waals surface area (Å²) in [5.74, 6) is 1.17. The second kappa shape index (κ2) is 6.94. The van der Waals surface area contributed by atoms with E-state index >= 15 is 4.39 Å². The summed E-state index contributed by atoms with van der Waals surface area (Å²) in [5, 5.41) is 9.67. The number of carbonyl (C=O) groups excluding carboxylic acids is 1. The van der Waals surface area contributed by atoms with Crippen LogP contribution < -0.4 is 4.74 Å². The molecule has 1 N–H and O–H groups in total. The van der Waals surface area contributed by atoms with Crippen molar-refractivity contribution in [2.75, 3.05) is 13.2 Å². The third-order valence-electron chi connectivity index (χ3n) is 9.37. The Morgan fingerprint density at radius 3 is 2.56 bits per heavy atom. The number of nitrogens with zero attached hydrogens (tertiary/aromatic N) is 1. The van der Waals surface area contributed by atoms with E-state index in [0.29, 0.717) is 37.7 Å². The Bertz CT molecular complexity index is 974. The molecule has 6 fully saturated rings. The molecule has 1 saturated heterocycles. The van der Waals surface area contributed by atoms with Crippen molar-refractivity contribution in [2.24, 2.45) is 23.2 Å². The fourth-order valence-electron chi connectivity index (χ4n) is 7.65. The number of rotatable bonds is 6. The van der Waals surface area contributed by atoms with E-state index in [9.17, 15) is 14.7 Å². The highest BCUT2D eigenvalue weighted by molar-refractivity contribution is 5.98. The van der Waals surface area contributed by atoms with Crippen molar-refractivity contribution in [1.29, 1.82) is 0 Å². The lowest BCUT2D eigenvalue weighted by atomic mass is 9.76. The number of ether oxygens (including phenoxy) is 1. The van der Waals surface area contributed by atoms with Gasteiger partial charge in [0.05, 0.1) is 12.2 Å². The fourth-order valence-corrected chi connectivity index (χ4v) is 7.65. The van der Waals surface area contributed by atoms with Crippen LogP contribution in [0.25, 0.3) is 0 Å². The molecule has 5 aliphatic carbocycles. The molecule has 1 aromatic carbocycles. The van der Waals surface area contributed by atoms with Gasteiger partial charge in [0.1, 0.15) is 17.1 Å². The minimum absolute atomic E-state index is 0.0207. The van der Waals surface area contributed by atoms with Gasteiger partial charge in [0.2, 0.25) is 0 Å². The van der Waals surface area contributed by atoms with Gasteiger partial charge in [0.15, 0.2) is 0 Å². The zero-order valence-electron chi connectivity index (χ0n) is 18.7. The number of aliphatic carboxylic acids is 1. The van der Waals surface area contributed by atoms with Crippen molar-refractivity contribution in [3.8, 4) is 5.75 Å². The predicted molar refractivity (Wildman–Crippen MR) is 116 cm³/mol. The average Bonchev–Trinajstić information content (AvgIpc) is 3.41. The molecular formula is C26H32FNO4. The fraction of sp³-hybridized carbons (Fsp3) is 0.692. The molecule has 0 spiro atoms. The highest BCUT2D eigenvalue weighted by atomic mass is 19.1. The Hall–Kier alpha value is -2.11. The van der Waals surface area contributed by atoms with Crippen molar-refractivity contribution in [1.82, 2.24) is 4.90 Å². The van der Waals surface area contributed by atoms with Gasteiger partial charge in [-0.3, -0.25) is 4.79 Å². The summed E-state index contributed by atoms with van der Waals surface area (Å²) in [6.45, 7) is 2.55. The summed E-state index contributed by atoms with van der Waals surface area (Å²) in [7, 11) is 0. The Balaban J connectivity index is 1.27. The third kappa shape index (κ3) is 3.01. The second-order valence-corrected chi connectivity index (χ2v) is 11.5. The first-order valence-electron chi connectivity index (χ1n) is 12.3. The lowest BCUT2D eigenvalue weighted by Crippen LogP contribution is -2.51. The van der Waals surface area contributed by atoms with Crippen molar-refractivity contribution >= 4 is 11.9 Å². The molecule has 32 heavy (non-hydrogen) atoms. The number of amides is 1. The molecule has 1 aliphatic heterocycles. The van der Waals surface area contributed by atoms with Gasteiger partial charge in [-0.15, -0.1) is 0 Å². The summed E-state index contributed by atoms with van der Waals surface area (Å²) < 4.78 is 21.6. The highest BCUT2D eigenvalue weighted by Crippen LogP contribution is 2.65. The van der Waals surface area contributed by atoms with E-state index in [1.54, 1.807) is 13.0 Å². The normalized spacial score (nSPS) is 37.3. The maximum atomic E-state index is 15.2. The summed E-state index contributed by atoms with van der Waals surface area (Å²) >= 11 is 0. The number of carboxylic acids is 1. The molecule has 1 aromatic rings. The maximum Gasteiger partial charge on any atom is 0.329 e. The number of carboxylic acid groups (broad SMARTS) is 1. The smallest absolute Gasteiger partial charge is 0.329 e. The molecule has 2 unspecified atom stereocenters. The van der Waals surface area contributed by atoms with Crippen LogP contribution in [0.15, 0.2) is 12.1 Å².